The van der Waals surface area contributed by atoms with E-state index in [4.69, 9.17) is 0 Å². The Labute approximate surface area is 169 Å². The second kappa shape index (κ2) is 9.16. The molecular weight excluding hydrogens is 342 g/mol. The van der Waals surface area contributed by atoms with E-state index in [1.165, 1.54) is 11.1 Å². The van der Waals surface area contributed by atoms with Crippen LogP contribution in [0, 0.1) is 0 Å². The number of carbonyl (C=O) groups is 1. The summed E-state index contributed by atoms with van der Waals surface area (Å²) in [5.41, 5.74) is 6.67. The van der Waals surface area contributed by atoms with Gasteiger partial charge in [-0.05, 0) is 61.1 Å². The lowest BCUT2D eigenvalue weighted by Crippen LogP contribution is -2.41. The Morgan fingerprint density at radius 2 is 1.25 bits per heavy atom. The molecule has 0 aromatic heterocycles. The van der Waals surface area contributed by atoms with Crippen molar-refractivity contribution in [2.24, 2.45) is 0 Å². The predicted octanol–water partition coefficient (Wildman–Crippen LogP) is 5.57. The van der Waals surface area contributed by atoms with Crippen LogP contribution < -0.4 is 0 Å². The van der Waals surface area contributed by atoms with Crippen molar-refractivity contribution in [2.75, 3.05) is 13.1 Å². The highest BCUT2D eigenvalue weighted by Crippen LogP contribution is 2.25. The monoisotopic (exact) mass is 373 g/mol. The molecule has 28 heavy (non-hydrogen) atoms. The quantitative estimate of drug-likeness (QED) is 0.639. The predicted molar refractivity (Wildman–Crippen MR) is 119 cm³/mol. The summed E-state index contributed by atoms with van der Waals surface area (Å²) in [4.78, 5) is 15.7. The number of benzene rings is 2. The first-order valence-corrected chi connectivity index (χ1v) is 10.4. The lowest BCUT2D eigenvalue weighted by molar-refractivity contribution is -0.113. The minimum atomic E-state index is 0.189. The topological polar surface area (TPSA) is 20.3 Å². The van der Waals surface area contributed by atoms with Crippen LogP contribution in [0.1, 0.15) is 49.9 Å². The fourth-order valence-corrected chi connectivity index (χ4v) is 3.80. The van der Waals surface area contributed by atoms with Gasteiger partial charge in [0.2, 0.25) is 0 Å². The molecule has 1 aliphatic rings. The van der Waals surface area contributed by atoms with Crippen molar-refractivity contribution in [3.63, 3.8) is 0 Å². The van der Waals surface area contributed by atoms with E-state index in [9.17, 15) is 4.79 Å². The van der Waals surface area contributed by atoms with Crippen LogP contribution in [0.5, 0.6) is 0 Å². The summed E-state index contributed by atoms with van der Waals surface area (Å²) in [7, 11) is 0. The van der Waals surface area contributed by atoms with Crippen molar-refractivity contribution < 1.29 is 4.79 Å². The maximum absolute atomic E-state index is 13.3. The summed E-state index contributed by atoms with van der Waals surface area (Å²) in [6.07, 6.45) is 6.15. The van der Waals surface area contributed by atoms with Gasteiger partial charge in [0.1, 0.15) is 0 Å². The molecule has 0 unspecified atom stereocenters. The molecule has 1 fully saturated rings. The van der Waals surface area contributed by atoms with Gasteiger partial charge in [0.15, 0.2) is 5.78 Å². The van der Waals surface area contributed by atoms with E-state index < -0.39 is 0 Å². The molecule has 146 valence electrons. The Bertz CT molecular complexity index is 835. The van der Waals surface area contributed by atoms with Crippen molar-refractivity contribution in [3.05, 3.63) is 81.9 Å². The number of carbonyl (C=O) groups excluding carboxylic acids is 1. The molecule has 1 heterocycles. The van der Waals surface area contributed by atoms with E-state index in [0.717, 1.165) is 35.1 Å². The van der Waals surface area contributed by atoms with Gasteiger partial charge in [0.25, 0.3) is 0 Å². The number of hydrogen-bond acceptors (Lipinski definition) is 2. The van der Waals surface area contributed by atoms with Crippen molar-refractivity contribution in [3.8, 4) is 0 Å². The van der Waals surface area contributed by atoms with Crippen LogP contribution in [0.15, 0.2) is 59.7 Å². The minimum absolute atomic E-state index is 0.189. The Hall–Kier alpha value is -2.45. The molecule has 0 bridgehead atoms. The van der Waals surface area contributed by atoms with E-state index in [2.05, 4.69) is 81.1 Å². The van der Waals surface area contributed by atoms with Gasteiger partial charge in [-0.25, -0.2) is 0 Å². The minimum Gasteiger partial charge on any atom is -0.292 e. The van der Waals surface area contributed by atoms with Crippen molar-refractivity contribution >= 4 is 17.9 Å². The van der Waals surface area contributed by atoms with Crippen molar-refractivity contribution in [1.82, 2.24) is 4.90 Å². The number of Topliss-reactive ketones (excluding diaryl/α,β-unsaturated/α-hetero) is 1. The fraction of sp³-hybridized carbons (Fsp3) is 0.346. The fourth-order valence-electron chi connectivity index (χ4n) is 3.80. The van der Waals surface area contributed by atoms with Crippen LogP contribution in [-0.4, -0.2) is 29.8 Å². The summed E-state index contributed by atoms with van der Waals surface area (Å²) in [5, 5.41) is 0. The summed E-state index contributed by atoms with van der Waals surface area (Å²) >= 11 is 0. The van der Waals surface area contributed by atoms with Crippen LogP contribution in [-0.2, 0) is 17.6 Å². The van der Waals surface area contributed by atoms with E-state index in [-0.39, 0.29) is 5.78 Å². The molecule has 2 aromatic carbocycles. The highest BCUT2D eigenvalue weighted by Gasteiger charge is 2.27. The summed E-state index contributed by atoms with van der Waals surface area (Å²) in [5.74, 6) is 0.189. The summed E-state index contributed by atoms with van der Waals surface area (Å²) < 4.78 is 0. The molecule has 1 saturated heterocycles. The Morgan fingerprint density at radius 1 is 0.821 bits per heavy atom. The maximum Gasteiger partial charge on any atom is 0.187 e. The normalized spacial score (nSPS) is 18.4. The first-order valence-electron chi connectivity index (χ1n) is 10.4. The molecule has 0 atom stereocenters. The van der Waals surface area contributed by atoms with Crippen molar-refractivity contribution in [1.29, 1.82) is 0 Å². The Kier molecular flexibility index (Phi) is 6.64. The molecule has 0 saturated carbocycles. The summed E-state index contributed by atoms with van der Waals surface area (Å²) in [6, 6.07) is 17.1. The lowest BCUT2D eigenvalue weighted by atomic mass is 9.91. The smallest absolute Gasteiger partial charge is 0.187 e. The average molecular weight is 374 g/mol. The largest absolute Gasteiger partial charge is 0.292 e. The SMILES string of the molecule is CCc1ccccc1C=C1CN(C(C)C)CC(=Cc2ccccc2CC)C1=O. The Balaban J connectivity index is 2.03. The third-order valence-corrected chi connectivity index (χ3v) is 5.59. The van der Waals surface area contributed by atoms with Gasteiger partial charge in [-0.2, -0.15) is 0 Å². The van der Waals surface area contributed by atoms with Gasteiger partial charge < -0.3 is 0 Å². The second-order valence-corrected chi connectivity index (χ2v) is 7.77. The van der Waals surface area contributed by atoms with Crippen molar-refractivity contribution in [2.45, 2.75) is 46.6 Å². The number of ketones is 1. The maximum atomic E-state index is 13.3. The lowest BCUT2D eigenvalue weighted by Gasteiger charge is -2.33. The zero-order chi connectivity index (χ0) is 20.1. The molecule has 0 amide bonds. The molecule has 3 rings (SSSR count). The van der Waals surface area contributed by atoms with E-state index in [1.807, 2.05) is 12.1 Å². The third kappa shape index (κ3) is 4.51. The van der Waals surface area contributed by atoms with Gasteiger partial charge in [-0.3, -0.25) is 9.69 Å². The number of aryl methyl sites for hydroxylation is 2. The third-order valence-electron chi connectivity index (χ3n) is 5.59. The van der Waals surface area contributed by atoms with Crippen LogP contribution in [0.3, 0.4) is 0 Å². The second-order valence-electron chi connectivity index (χ2n) is 7.77. The van der Waals surface area contributed by atoms with Crippen LogP contribution in [0.25, 0.3) is 12.2 Å². The van der Waals surface area contributed by atoms with Gasteiger partial charge in [0, 0.05) is 30.3 Å². The molecule has 0 aliphatic carbocycles. The van der Waals surface area contributed by atoms with Gasteiger partial charge in [-0.1, -0.05) is 62.4 Å². The Morgan fingerprint density at radius 3 is 1.64 bits per heavy atom. The summed E-state index contributed by atoms with van der Waals surface area (Å²) in [6.45, 7) is 10.1. The number of hydrogen-bond donors (Lipinski definition) is 0. The van der Waals surface area contributed by atoms with E-state index >= 15 is 0 Å². The number of rotatable bonds is 5. The molecule has 2 aromatic rings. The van der Waals surface area contributed by atoms with Crippen LogP contribution >= 0.6 is 0 Å². The highest BCUT2D eigenvalue weighted by molar-refractivity contribution is 6.14. The van der Waals surface area contributed by atoms with Crippen LogP contribution in [0.4, 0.5) is 0 Å². The van der Waals surface area contributed by atoms with Gasteiger partial charge in [0.05, 0.1) is 0 Å². The number of piperidine rings is 1. The molecule has 0 spiro atoms. The zero-order valence-electron chi connectivity index (χ0n) is 17.5. The van der Waals surface area contributed by atoms with E-state index in [0.29, 0.717) is 19.1 Å². The van der Waals surface area contributed by atoms with Crippen LogP contribution in [0.2, 0.25) is 0 Å². The number of nitrogens with zero attached hydrogens (tertiary/aromatic N) is 1. The van der Waals surface area contributed by atoms with Gasteiger partial charge in [-0.15, -0.1) is 0 Å². The molecule has 0 N–H and O–H groups in total. The molecule has 0 radical (unpaired) electrons. The first-order chi connectivity index (χ1) is 13.5. The zero-order valence-corrected chi connectivity index (χ0v) is 17.5. The average Bonchev–Trinajstić information content (AvgIpc) is 2.71. The standard InChI is InChI=1S/C26H31NO/c1-5-20-11-7-9-13-22(20)15-24-17-27(19(3)4)18-25(26(24)28)16-23-14-10-8-12-21(23)6-2/h7-16,19H,5-6,17-18H2,1-4H3. The van der Waals surface area contributed by atoms with Gasteiger partial charge >= 0.3 is 0 Å². The molecule has 2 heteroatoms. The molecule has 1 aliphatic heterocycles. The van der Waals surface area contributed by atoms with E-state index in [1.54, 1.807) is 0 Å². The number of likely N-dealkylation sites (tertiary alicyclic amines) is 1. The molecule has 2 nitrogen and oxygen atoms in total. The first kappa shape index (κ1) is 20.3. The highest BCUT2D eigenvalue weighted by atomic mass is 16.1. The molecular formula is C26H31NO.